The van der Waals surface area contributed by atoms with Gasteiger partial charge < -0.3 is 9.88 Å². The average Bonchev–Trinajstić information content (AvgIpc) is 3.14. The van der Waals surface area contributed by atoms with Crippen molar-refractivity contribution >= 4 is 28.5 Å². The molecule has 5 nitrogen and oxygen atoms in total. The van der Waals surface area contributed by atoms with E-state index in [-0.39, 0.29) is 24.1 Å². The zero-order valence-electron chi connectivity index (χ0n) is 17.3. The van der Waals surface area contributed by atoms with Crippen molar-refractivity contribution in [1.82, 2.24) is 19.9 Å². The zero-order valence-corrected chi connectivity index (χ0v) is 18.1. The van der Waals surface area contributed by atoms with Gasteiger partial charge in [0.1, 0.15) is 6.04 Å². The van der Waals surface area contributed by atoms with Gasteiger partial charge in [-0.3, -0.25) is 0 Å². The predicted octanol–water partition coefficient (Wildman–Crippen LogP) is 5.90. The Morgan fingerprint density at radius 2 is 1.79 bits per heavy atom. The summed E-state index contributed by atoms with van der Waals surface area (Å²) in [4.78, 5) is 13.9. The van der Waals surface area contributed by atoms with E-state index in [1.165, 1.54) is 24.0 Å². The first-order chi connectivity index (χ1) is 16.0. The number of aryl methyl sites for hydroxylation is 1. The number of alkyl halides is 3. The van der Waals surface area contributed by atoms with Crippen LogP contribution in [0.1, 0.15) is 34.3 Å². The quantitative estimate of drug-likeness (QED) is 0.350. The summed E-state index contributed by atoms with van der Waals surface area (Å²) >= 11 is 6.13. The summed E-state index contributed by atoms with van der Waals surface area (Å²) in [5, 5.41) is 1.19. The molecule has 0 saturated carbocycles. The molecule has 176 valence electrons. The van der Waals surface area contributed by atoms with Crippen molar-refractivity contribution in [1.29, 1.82) is 0 Å². The van der Waals surface area contributed by atoms with Gasteiger partial charge in [0.15, 0.2) is 11.6 Å². The second kappa shape index (κ2) is 7.86. The second-order valence-corrected chi connectivity index (χ2v) is 8.31. The summed E-state index contributed by atoms with van der Waals surface area (Å²) in [6.07, 6.45) is -6.40. The molecule has 0 bridgehead atoms. The van der Waals surface area contributed by atoms with Crippen LogP contribution in [0.15, 0.2) is 30.3 Å². The van der Waals surface area contributed by atoms with E-state index in [1.54, 1.807) is 18.2 Å². The Bertz CT molecular complexity index is 1430. The van der Waals surface area contributed by atoms with E-state index in [0.29, 0.717) is 16.2 Å². The molecule has 1 aliphatic heterocycles. The van der Waals surface area contributed by atoms with Gasteiger partial charge in [0.25, 0.3) is 0 Å². The van der Waals surface area contributed by atoms with Crippen LogP contribution in [0.4, 0.5) is 32.3 Å². The monoisotopic (exact) mass is 497 g/mol. The van der Waals surface area contributed by atoms with Gasteiger partial charge in [-0.15, -0.1) is 0 Å². The minimum Gasteiger partial charge on any atom is -0.356 e. The van der Waals surface area contributed by atoms with E-state index in [1.807, 2.05) is 0 Å². The van der Waals surface area contributed by atoms with Crippen molar-refractivity contribution in [2.45, 2.75) is 25.6 Å². The smallest absolute Gasteiger partial charge is 0.356 e. The van der Waals surface area contributed by atoms with Gasteiger partial charge in [-0.25, -0.2) is 8.78 Å². The number of H-pyrrole nitrogens is 1. The van der Waals surface area contributed by atoms with Crippen molar-refractivity contribution in [3.05, 3.63) is 81.3 Å². The van der Waals surface area contributed by atoms with Crippen LogP contribution in [0.2, 0.25) is 5.02 Å². The molecule has 1 atom stereocenters. The summed E-state index contributed by atoms with van der Waals surface area (Å²) in [5.74, 6) is -4.64. The van der Waals surface area contributed by atoms with Crippen molar-refractivity contribution in [3.8, 4) is 0 Å². The molecule has 0 fully saturated rings. The molecule has 0 unspecified atom stereocenters. The van der Waals surface area contributed by atoms with Crippen molar-refractivity contribution in [2.24, 2.45) is 0 Å². The molecule has 0 spiro atoms. The number of nitrogens with one attached hydrogen (secondary N) is 1. The van der Waals surface area contributed by atoms with Crippen molar-refractivity contribution in [2.75, 3.05) is 11.4 Å². The van der Waals surface area contributed by atoms with E-state index >= 15 is 4.39 Å². The molecule has 3 heterocycles. The Morgan fingerprint density at radius 3 is 2.53 bits per heavy atom. The number of rotatable bonds is 2. The maximum Gasteiger partial charge on any atom is 0.451 e. The van der Waals surface area contributed by atoms with Crippen LogP contribution in [0, 0.1) is 24.6 Å². The molecule has 2 aromatic carbocycles. The third kappa shape index (κ3) is 3.64. The maximum absolute atomic E-state index is 15.2. The number of aromatic nitrogens is 4. The first-order valence-electron chi connectivity index (χ1n) is 10.0. The average molecular weight is 498 g/mol. The van der Waals surface area contributed by atoms with E-state index < -0.39 is 41.7 Å². The van der Waals surface area contributed by atoms with Crippen LogP contribution in [0.25, 0.3) is 10.9 Å². The van der Waals surface area contributed by atoms with Gasteiger partial charge >= 0.3 is 12.3 Å². The Morgan fingerprint density at radius 1 is 1.03 bits per heavy atom. The Balaban J connectivity index is 1.76. The largest absolute Gasteiger partial charge is 0.451 e. The topological polar surface area (TPSA) is 57.7 Å². The fourth-order valence-corrected chi connectivity index (χ4v) is 4.44. The number of benzene rings is 2. The molecule has 1 aliphatic rings. The standard InChI is InChI=1S/C22H14ClF6N5/c1-9-2-4-12(16(25)15(9)24)18-17-11(13-8-10(23)3-5-14(13)30-17)6-7-34(18)21-32-19(22(27,28)29)31-20(26)33-21/h2-5,8,18,30H,6-7H2,1H3/t18-/m0/s1. The second-order valence-electron chi connectivity index (χ2n) is 7.88. The fourth-order valence-electron chi connectivity index (χ4n) is 4.27. The normalized spacial score (nSPS) is 16.2. The maximum atomic E-state index is 15.2. The Hall–Kier alpha value is -3.34. The highest BCUT2D eigenvalue weighted by Gasteiger charge is 2.40. The van der Waals surface area contributed by atoms with Crippen LogP contribution < -0.4 is 4.90 Å². The van der Waals surface area contributed by atoms with Crippen LogP contribution >= 0.6 is 11.6 Å². The number of anilines is 1. The highest BCUT2D eigenvalue weighted by molar-refractivity contribution is 6.31. The Kier molecular flexibility index (Phi) is 5.19. The third-order valence-electron chi connectivity index (χ3n) is 5.80. The van der Waals surface area contributed by atoms with E-state index in [2.05, 4.69) is 19.9 Å². The molecular weight excluding hydrogens is 484 g/mol. The number of hydrogen-bond acceptors (Lipinski definition) is 4. The molecule has 2 aromatic heterocycles. The minimum atomic E-state index is -5.03. The molecule has 0 saturated heterocycles. The molecule has 4 aromatic rings. The molecule has 0 amide bonds. The number of hydrogen-bond donors (Lipinski definition) is 1. The molecule has 34 heavy (non-hydrogen) atoms. The van der Waals surface area contributed by atoms with Gasteiger partial charge in [0.2, 0.25) is 11.8 Å². The number of fused-ring (bicyclic) bond motifs is 3. The lowest BCUT2D eigenvalue weighted by Crippen LogP contribution is -2.38. The lowest BCUT2D eigenvalue weighted by molar-refractivity contribution is -0.145. The van der Waals surface area contributed by atoms with E-state index in [0.717, 1.165) is 10.9 Å². The Labute approximate surface area is 193 Å². The van der Waals surface area contributed by atoms with Crippen molar-refractivity contribution < 1.29 is 26.3 Å². The first kappa shape index (κ1) is 22.5. The highest BCUT2D eigenvalue weighted by atomic mass is 35.5. The first-order valence-corrected chi connectivity index (χ1v) is 10.4. The van der Waals surface area contributed by atoms with Gasteiger partial charge in [-0.05, 0) is 42.7 Å². The van der Waals surface area contributed by atoms with Gasteiger partial charge in [-0.1, -0.05) is 23.7 Å². The predicted molar refractivity (Wildman–Crippen MR) is 112 cm³/mol. The van der Waals surface area contributed by atoms with Crippen LogP contribution in [-0.2, 0) is 12.6 Å². The number of aromatic amines is 1. The summed E-state index contributed by atoms with van der Waals surface area (Å²) in [6.45, 7) is 1.38. The van der Waals surface area contributed by atoms with Crippen molar-refractivity contribution in [3.63, 3.8) is 0 Å². The number of nitrogens with zero attached hydrogens (tertiary/aromatic N) is 4. The highest BCUT2D eigenvalue weighted by Crippen LogP contribution is 2.42. The van der Waals surface area contributed by atoms with E-state index in [4.69, 9.17) is 11.6 Å². The molecular formula is C22H14ClF6N5. The minimum absolute atomic E-state index is 0.00712. The van der Waals surface area contributed by atoms with Gasteiger partial charge in [0, 0.05) is 33.7 Å². The molecule has 0 radical (unpaired) electrons. The van der Waals surface area contributed by atoms with Crippen LogP contribution in [0.5, 0.6) is 0 Å². The zero-order chi connectivity index (χ0) is 24.4. The molecule has 1 N–H and O–H groups in total. The lowest BCUT2D eigenvalue weighted by atomic mass is 9.91. The fraction of sp³-hybridized carbons (Fsp3) is 0.227. The van der Waals surface area contributed by atoms with Crippen LogP contribution in [-0.4, -0.2) is 26.5 Å². The SMILES string of the molecule is Cc1ccc([C@H]2c3[nH]c4ccc(Cl)cc4c3CCN2c2nc(F)nc(C(F)(F)F)n2)c(F)c1F. The van der Waals surface area contributed by atoms with Crippen LogP contribution in [0.3, 0.4) is 0 Å². The van der Waals surface area contributed by atoms with Gasteiger partial charge in [-0.2, -0.15) is 32.5 Å². The molecule has 0 aliphatic carbocycles. The summed E-state index contributed by atoms with van der Waals surface area (Å²) in [5.41, 5.74) is 1.64. The summed E-state index contributed by atoms with van der Waals surface area (Å²) in [6, 6.07) is 6.56. The molecule has 12 heteroatoms. The third-order valence-corrected chi connectivity index (χ3v) is 6.03. The van der Waals surface area contributed by atoms with E-state index in [9.17, 15) is 22.0 Å². The van der Waals surface area contributed by atoms with Gasteiger partial charge in [0.05, 0.1) is 0 Å². The lowest BCUT2D eigenvalue weighted by Gasteiger charge is -2.36. The molecule has 5 rings (SSSR count). The summed E-state index contributed by atoms with van der Waals surface area (Å²) in [7, 11) is 0. The number of halogens is 7. The summed E-state index contributed by atoms with van der Waals surface area (Å²) < 4.78 is 83.4.